The molecule has 1 rings (SSSR count). The topological polar surface area (TPSA) is 12.0 Å². The molecule has 2 atom stereocenters. The van der Waals surface area contributed by atoms with Crippen molar-refractivity contribution in [3.05, 3.63) is 47.0 Å². The van der Waals surface area contributed by atoms with Gasteiger partial charge >= 0.3 is 0 Å². The summed E-state index contributed by atoms with van der Waals surface area (Å²) >= 11 is 3.45. The number of benzene rings is 1. The van der Waals surface area contributed by atoms with E-state index in [9.17, 15) is 0 Å². The molecule has 1 aromatic rings. The van der Waals surface area contributed by atoms with E-state index in [1.807, 2.05) is 6.08 Å². The van der Waals surface area contributed by atoms with Crippen LogP contribution in [0.2, 0.25) is 0 Å². The molecule has 16 heavy (non-hydrogen) atoms. The fourth-order valence-corrected chi connectivity index (χ4v) is 1.99. The molecule has 0 spiro atoms. The van der Waals surface area contributed by atoms with Gasteiger partial charge in [-0.2, -0.15) is 0 Å². The van der Waals surface area contributed by atoms with Crippen molar-refractivity contribution in [1.82, 2.24) is 5.32 Å². The summed E-state index contributed by atoms with van der Waals surface area (Å²) in [5.74, 6) is 0. The molecule has 0 bridgehead atoms. The Hall–Kier alpha value is -0.600. The van der Waals surface area contributed by atoms with E-state index in [4.69, 9.17) is 0 Å². The van der Waals surface area contributed by atoms with Crippen LogP contribution in [-0.4, -0.2) is 6.04 Å². The quantitative estimate of drug-likeness (QED) is 0.760. The van der Waals surface area contributed by atoms with Crippen molar-refractivity contribution in [1.29, 1.82) is 0 Å². The Kier molecular flexibility index (Phi) is 5.78. The van der Waals surface area contributed by atoms with Crippen LogP contribution >= 0.6 is 15.9 Å². The largest absolute Gasteiger partial charge is 0.308 e. The lowest BCUT2D eigenvalue weighted by molar-refractivity contribution is 0.459. The first-order valence-electron chi connectivity index (χ1n) is 5.76. The lowest BCUT2D eigenvalue weighted by atomic mass is 10.1. The van der Waals surface area contributed by atoms with Gasteiger partial charge in [-0.25, -0.2) is 0 Å². The highest BCUT2D eigenvalue weighted by Crippen LogP contribution is 2.17. The first-order valence-corrected chi connectivity index (χ1v) is 6.55. The third-order valence-corrected chi connectivity index (χ3v) is 3.24. The van der Waals surface area contributed by atoms with Gasteiger partial charge in [-0.05, 0) is 44.4 Å². The van der Waals surface area contributed by atoms with Gasteiger partial charge < -0.3 is 5.32 Å². The molecular weight excluding hydrogens is 262 g/mol. The standard InChI is InChI=1S/C14H20BrN/c1-4-5-6-11(2)16-12(3)13-7-9-14(15)10-8-13/h4,7-12,16H,1,5-6H2,2-3H3. The minimum atomic E-state index is 0.396. The van der Waals surface area contributed by atoms with Crippen LogP contribution < -0.4 is 5.32 Å². The van der Waals surface area contributed by atoms with Gasteiger partial charge in [0.1, 0.15) is 0 Å². The fourth-order valence-electron chi connectivity index (χ4n) is 1.73. The van der Waals surface area contributed by atoms with Crippen molar-refractivity contribution in [3.63, 3.8) is 0 Å². The van der Waals surface area contributed by atoms with Crippen molar-refractivity contribution in [2.45, 2.75) is 38.8 Å². The molecule has 1 nitrogen and oxygen atoms in total. The molecule has 0 fully saturated rings. The molecule has 0 saturated heterocycles. The molecule has 0 amide bonds. The van der Waals surface area contributed by atoms with E-state index in [1.165, 1.54) is 5.56 Å². The number of hydrogen-bond donors (Lipinski definition) is 1. The number of hydrogen-bond acceptors (Lipinski definition) is 1. The zero-order chi connectivity index (χ0) is 12.0. The summed E-state index contributed by atoms with van der Waals surface area (Å²) in [4.78, 5) is 0. The second kappa shape index (κ2) is 6.87. The average Bonchev–Trinajstić information content (AvgIpc) is 2.27. The van der Waals surface area contributed by atoms with Crippen LogP contribution in [0.3, 0.4) is 0 Å². The smallest absolute Gasteiger partial charge is 0.0294 e. The molecule has 2 unspecified atom stereocenters. The maximum atomic E-state index is 3.75. The maximum Gasteiger partial charge on any atom is 0.0294 e. The Morgan fingerprint density at radius 2 is 1.94 bits per heavy atom. The van der Waals surface area contributed by atoms with Crippen molar-refractivity contribution in [2.75, 3.05) is 0 Å². The van der Waals surface area contributed by atoms with E-state index in [1.54, 1.807) is 0 Å². The monoisotopic (exact) mass is 281 g/mol. The molecule has 0 heterocycles. The predicted octanol–water partition coefficient (Wildman–Crippen LogP) is 4.45. The fraction of sp³-hybridized carbons (Fsp3) is 0.429. The Bertz CT molecular complexity index is 318. The number of rotatable bonds is 6. The molecule has 0 aliphatic heterocycles. The summed E-state index contributed by atoms with van der Waals surface area (Å²) < 4.78 is 1.13. The van der Waals surface area contributed by atoms with Gasteiger partial charge in [0.15, 0.2) is 0 Å². The first-order chi connectivity index (χ1) is 7.63. The first kappa shape index (κ1) is 13.5. The minimum absolute atomic E-state index is 0.396. The Morgan fingerprint density at radius 1 is 1.31 bits per heavy atom. The zero-order valence-corrected chi connectivity index (χ0v) is 11.6. The van der Waals surface area contributed by atoms with E-state index < -0.39 is 0 Å². The summed E-state index contributed by atoms with van der Waals surface area (Å²) in [5.41, 5.74) is 1.33. The summed E-state index contributed by atoms with van der Waals surface area (Å²) in [6, 6.07) is 9.40. The summed E-state index contributed by atoms with van der Waals surface area (Å²) in [7, 11) is 0. The van der Waals surface area contributed by atoms with Crippen LogP contribution in [0.25, 0.3) is 0 Å². The van der Waals surface area contributed by atoms with E-state index in [-0.39, 0.29) is 0 Å². The van der Waals surface area contributed by atoms with Gasteiger partial charge in [0.2, 0.25) is 0 Å². The maximum absolute atomic E-state index is 3.75. The minimum Gasteiger partial charge on any atom is -0.308 e. The third kappa shape index (κ3) is 4.50. The van der Waals surface area contributed by atoms with Crippen LogP contribution in [0.15, 0.2) is 41.4 Å². The number of halogens is 1. The van der Waals surface area contributed by atoms with Crippen molar-refractivity contribution in [2.24, 2.45) is 0 Å². The molecule has 1 aromatic carbocycles. The Balaban J connectivity index is 2.48. The Labute approximate surface area is 107 Å². The summed E-state index contributed by atoms with van der Waals surface area (Å²) in [5, 5.41) is 3.59. The SMILES string of the molecule is C=CCCC(C)NC(C)c1ccc(Br)cc1. The highest BCUT2D eigenvalue weighted by molar-refractivity contribution is 9.10. The van der Waals surface area contributed by atoms with E-state index >= 15 is 0 Å². The van der Waals surface area contributed by atoms with Gasteiger partial charge in [-0.3, -0.25) is 0 Å². The van der Waals surface area contributed by atoms with Crippen LogP contribution in [0.1, 0.15) is 38.3 Å². The third-order valence-electron chi connectivity index (χ3n) is 2.71. The van der Waals surface area contributed by atoms with Crippen molar-refractivity contribution >= 4 is 15.9 Å². The number of allylic oxidation sites excluding steroid dienone is 1. The molecular formula is C14H20BrN. The van der Waals surface area contributed by atoms with Crippen molar-refractivity contribution in [3.8, 4) is 0 Å². The lowest BCUT2D eigenvalue weighted by Crippen LogP contribution is -2.28. The van der Waals surface area contributed by atoms with Crippen LogP contribution in [0.4, 0.5) is 0 Å². The average molecular weight is 282 g/mol. The molecule has 0 aliphatic rings. The second-order valence-corrected chi connectivity index (χ2v) is 5.12. The normalized spacial score (nSPS) is 14.4. The van der Waals surface area contributed by atoms with Crippen LogP contribution in [0.5, 0.6) is 0 Å². The van der Waals surface area contributed by atoms with Crippen molar-refractivity contribution < 1.29 is 0 Å². The zero-order valence-electron chi connectivity index (χ0n) is 10.0. The highest BCUT2D eigenvalue weighted by Gasteiger charge is 2.08. The van der Waals surface area contributed by atoms with Gasteiger partial charge in [-0.15, -0.1) is 6.58 Å². The van der Waals surface area contributed by atoms with Gasteiger partial charge in [0.05, 0.1) is 0 Å². The van der Waals surface area contributed by atoms with E-state index in [0.717, 1.165) is 17.3 Å². The van der Waals surface area contributed by atoms with Gasteiger partial charge in [0.25, 0.3) is 0 Å². The molecule has 1 N–H and O–H groups in total. The summed E-state index contributed by atoms with van der Waals surface area (Å²) in [6.07, 6.45) is 4.19. The highest BCUT2D eigenvalue weighted by atomic mass is 79.9. The van der Waals surface area contributed by atoms with Crippen LogP contribution in [0, 0.1) is 0 Å². The molecule has 0 saturated carbocycles. The van der Waals surface area contributed by atoms with Crippen LogP contribution in [-0.2, 0) is 0 Å². The lowest BCUT2D eigenvalue weighted by Gasteiger charge is -2.20. The molecule has 0 aromatic heterocycles. The number of nitrogens with one attached hydrogen (secondary N) is 1. The molecule has 0 aliphatic carbocycles. The summed E-state index contributed by atoms with van der Waals surface area (Å²) in [6.45, 7) is 8.17. The second-order valence-electron chi connectivity index (χ2n) is 4.21. The van der Waals surface area contributed by atoms with Gasteiger partial charge in [-0.1, -0.05) is 34.1 Å². The Morgan fingerprint density at radius 3 is 2.50 bits per heavy atom. The van der Waals surface area contributed by atoms with E-state index in [2.05, 4.69) is 65.9 Å². The van der Waals surface area contributed by atoms with E-state index in [0.29, 0.717) is 12.1 Å². The predicted molar refractivity (Wildman–Crippen MR) is 74.6 cm³/mol. The molecule has 0 radical (unpaired) electrons. The molecule has 2 heteroatoms. The molecule has 88 valence electrons. The van der Waals surface area contributed by atoms with Gasteiger partial charge in [0, 0.05) is 16.6 Å².